The lowest BCUT2D eigenvalue weighted by Crippen LogP contribution is -2.22. The molecule has 1 aliphatic heterocycles. The van der Waals surface area contributed by atoms with E-state index in [1.807, 2.05) is 0 Å². The van der Waals surface area contributed by atoms with E-state index in [0.717, 1.165) is 5.01 Å². The lowest BCUT2D eigenvalue weighted by atomic mass is 10.2. The Morgan fingerprint density at radius 2 is 2.11 bits per heavy atom. The van der Waals surface area contributed by atoms with Crippen LogP contribution < -0.4 is 0 Å². The van der Waals surface area contributed by atoms with E-state index in [1.165, 1.54) is 30.1 Å². The third-order valence-electron chi connectivity index (χ3n) is 2.15. The molecule has 0 spiro atoms. The predicted molar refractivity (Wildman–Crippen MR) is 72.6 cm³/mol. The third kappa shape index (κ3) is 2.71. The van der Waals surface area contributed by atoms with Crippen LogP contribution in [-0.4, -0.2) is 32.1 Å². The standard InChI is InChI=1S/C10H7N3O3S2/c14-9-6-18-10(17)12(9)11-5-7-1-3-8(4-2-7)13(15)16/h1-5H,6H2. The third-order valence-corrected chi connectivity index (χ3v) is 3.49. The van der Waals surface area contributed by atoms with Crippen LogP contribution in [0.1, 0.15) is 5.56 Å². The van der Waals surface area contributed by atoms with E-state index in [2.05, 4.69) is 5.10 Å². The summed E-state index contributed by atoms with van der Waals surface area (Å²) in [6.45, 7) is 0. The van der Waals surface area contributed by atoms with Crippen LogP contribution in [0.3, 0.4) is 0 Å². The minimum atomic E-state index is -0.476. The van der Waals surface area contributed by atoms with Gasteiger partial charge < -0.3 is 0 Å². The second-order valence-electron chi connectivity index (χ2n) is 3.35. The van der Waals surface area contributed by atoms with Crippen LogP contribution in [0.2, 0.25) is 0 Å². The fourth-order valence-electron chi connectivity index (χ4n) is 1.27. The molecular weight excluding hydrogens is 274 g/mol. The first-order valence-electron chi connectivity index (χ1n) is 4.86. The summed E-state index contributed by atoms with van der Waals surface area (Å²) in [6, 6.07) is 5.86. The van der Waals surface area contributed by atoms with E-state index in [0.29, 0.717) is 15.6 Å². The molecule has 0 radical (unpaired) electrons. The molecule has 2 rings (SSSR count). The van der Waals surface area contributed by atoms with Crippen molar-refractivity contribution >= 4 is 46.1 Å². The maximum atomic E-state index is 11.4. The molecule has 1 saturated heterocycles. The van der Waals surface area contributed by atoms with Crippen LogP contribution in [0, 0.1) is 10.1 Å². The molecular formula is C10H7N3O3S2. The molecule has 92 valence electrons. The Hall–Kier alpha value is -1.80. The molecule has 0 N–H and O–H groups in total. The number of carbonyl (C=O) groups is 1. The van der Waals surface area contributed by atoms with E-state index < -0.39 is 4.92 Å². The lowest BCUT2D eigenvalue weighted by Gasteiger charge is -2.05. The molecule has 0 bridgehead atoms. The van der Waals surface area contributed by atoms with Crippen LogP contribution in [0.15, 0.2) is 29.4 Å². The van der Waals surface area contributed by atoms with Crippen molar-refractivity contribution in [2.45, 2.75) is 0 Å². The zero-order valence-electron chi connectivity index (χ0n) is 8.98. The summed E-state index contributed by atoms with van der Waals surface area (Å²) in [7, 11) is 0. The molecule has 0 aromatic heterocycles. The van der Waals surface area contributed by atoms with Crippen LogP contribution >= 0.6 is 24.0 Å². The van der Waals surface area contributed by atoms with Gasteiger partial charge in [0.2, 0.25) is 0 Å². The lowest BCUT2D eigenvalue weighted by molar-refractivity contribution is -0.384. The van der Waals surface area contributed by atoms with Crippen molar-refractivity contribution in [3.63, 3.8) is 0 Å². The van der Waals surface area contributed by atoms with Crippen molar-refractivity contribution in [3.8, 4) is 0 Å². The Labute approximate surface area is 112 Å². The zero-order chi connectivity index (χ0) is 13.1. The summed E-state index contributed by atoms with van der Waals surface area (Å²) in [6.07, 6.45) is 1.44. The van der Waals surface area contributed by atoms with Crippen molar-refractivity contribution in [2.75, 3.05) is 5.75 Å². The number of nitro groups is 1. The molecule has 1 aliphatic rings. The predicted octanol–water partition coefficient (Wildman–Crippen LogP) is 1.79. The van der Waals surface area contributed by atoms with E-state index in [4.69, 9.17) is 12.2 Å². The Bertz CT molecular complexity index is 526. The first kappa shape index (κ1) is 12.7. The second kappa shape index (κ2) is 5.23. The number of rotatable bonds is 3. The Morgan fingerprint density at radius 1 is 1.44 bits per heavy atom. The highest BCUT2D eigenvalue weighted by molar-refractivity contribution is 8.23. The molecule has 0 atom stereocenters. The van der Waals surface area contributed by atoms with Gasteiger partial charge in [0.1, 0.15) is 0 Å². The van der Waals surface area contributed by atoms with E-state index in [-0.39, 0.29) is 11.6 Å². The topological polar surface area (TPSA) is 75.8 Å². The number of thioether (sulfide) groups is 1. The minimum Gasteiger partial charge on any atom is -0.272 e. The van der Waals surface area contributed by atoms with Crippen molar-refractivity contribution in [1.82, 2.24) is 5.01 Å². The van der Waals surface area contributed by atoms with Gasteiger partial charge in [-0.1, -0.05) is 24.0 Å². The van der Waals surface area contributed by atoms with Crippen molar-refractivity contribution < 1.29 is 9.72 Å². The Morgan fingerprint density at radius 3 is 2.61 bits per heavy atom. The average Bonchev–Trinajstić information content (AvgIpc) is 2.67. The van der Waals surface area contributed by atoms with Crippen molar-refractivity contribution in [3.05, 3.63) is 39.9 Å². The molecule has 8 heteroatoms. The molecule has 0 unspecified atom stereocenters. The highest BCUT2D eigenvalue weighted by Crippen LogP contribution is 2.19. The van der Waals surface area contributed by atoms with Crippen molar-refractivity contribution in [1.29, 1.82) is 0 Å². The van der Waals surface area contributed by atoms with Gasteiger partial charge in [-0.2, -0.15) is 10.1 Å². The van der Waals surface area contributed by atoms with Gasteiger partial charge in [-0.25, -0.2) is 0 Å². The second-order valence-corrected chi connectivity index (χ2v) is 4.96. The number of hydrogen-bond donors (Lipinski definition) is 0. The van der Waals surface area contributed by atoms with Gasteiger partial charge >= 0.3 is 0 Å². The first-order valence-corrected chi connectivity index (χ1v) is 6.25. The number of hydrazone groups is 1. The van der Waals surface area contributed by atoms with Crippen LogP contribution in [0.4, 0.5) is 5.69 Å². The number of amides is 1. The van der Waals surface area contributed by atoms with E-state index >= 15 is 0 Å². The molecule has 0 saturated carbocycles. The van der Waals surface area contributed by atoms with Gasteiger partial charge in [0.25, 0.3) is 11.6 Å². The monoisotopic (exact) mass is 281 g/mol. The molecule has 6 nitrogen and oxygen atoms in total. The quantitative estimate of drug-likeness (QED) is 0.365. The SMILES string of the molecule is O=C1CSC(=S)N1N=Cc1ccc([N+](=O)[O-])cc1. The molecule has 18 heavy (non-hydrogen) atoms. The molecule has 1 fully saturated rings. The number of carbonyl (C=O) groups excluding carboxylic acids is 1. The van der Waals surface area contributed by atoms with Gasteiger partial charge in [0, 0.05) is 12.1 Å². The summed E-state index contributed by atoms with van der Waals surface area (Å²) in [5, 5.41) is 15.6. The van der Waals surface area contributed by atoms with Gasteiger partial charge in [-0.15, -0.1) is 0 Å². The first-order chi connectivity index (χ1) is 8.58. The summed E-state index contributed by atoms with van der Waals surface area (Å²) in [5.41, 5.74) is 0.670. The van der Waals surface area contributed by atoms with Crippen LogP contribution in [0.5, 0.6) is 0 Å². The Balaban J connectivity index is 2.11. The number of nitro benzene ring substituents is 1. The fourth-order valence-corrected chi connectivity index (χ4v) is 2.23. The summed E-state index contributed by atoms with van der Waals surface area (Å²) in [4.78, 5) is 21.4. The van der Waals surface area contributed by atoms with Crippen molar-refractivity contribution in [2.24, 2.45) is 5.10 Å². The molecule has 1 aromatic carbocycles. The highest BCUT2D eigenvalue weighted by Gasteiger charge is 2.25. The maximum absolute atomic E-state index is 11.4. The summed E-state index contributed by atoms with van der Waals surface area (Å²) in [5.74, 6) is 0.138. The van der Waals surface area contributed by atoms with Crippen LogP contribution in [0.25, 0.3) is 0 Å². The van der Waals surface area contributed by atoms with Crippen LogP contribution in [-0.2, 0) is 4.79 Å². The van der Waals surface area contributed by atoms with E-state index in [9.17, 15) is 14.9 Å². The van der Waals surface area contributed by atoms with Gasteiger partial charge in [-0.3, -0.25) is 14.9 Å². The average molecular weight is 281 g/mol. The number of benzene rings is 1. The van der Waals surface area contributed by atoms with Gasteiger partial charge in [-0.05, 0) is 17.7 Å². The Kier molecular flexibility index (Phi) is 3.68. The zero-order valence-corrected chi connectivity index (χ0v) is 10.6. The molecule has 0 aliphatic carbocycles. The minimum absolute atomic E-state index is 0.00970. The fraction of sp³-hybridized carbons (Fsp3) is 0.100. The van der Waals surface area contributed by atoms with Gasteiger partial charge in [0.05, 0.1) is 16.9 Å². The van der Waals surface area contributed by atoms with Gasteiger partial charge in [0.15, 0.2) is 4.32 Å². The smallest absolute Gasteiger partial charge is 0.269 e. The molecule has 1 heterocycles. The maximum Gasteiger partial charge on any atom is 0.269 e. The summed E-state index contributed by atoms with van der Waals surface area (Å²) < 4.78 is 0.415. The highest BCUT2D eigenvalue weighted by atomic mass is 32.2. The number of thiocarbonyl (C=S) groups is 1. The number of non-ortho nitro benzene ring substituents is 1. The molecule has 1 aromatic rings. The number of hydrogen-bond acceptors (Lipinski definition) is 6. The summed E-state index contributed by atoms with van der Waals surface area (Å²) >= 11 is 6.21. The van der Waals surface area contributed by atoms with E-state index in [1.54, 1.807) is 12.1 Å². The molecule has 1 amide bonds. The number of nitrogens with zero attached hydrogens (tertiary/aromatic N) is 3. The normalized spacial score (nSPS) is 15.7. The largest absolute Gasteiger partial charge is 0.272 e.